The van der Waals surface area contributed by atoms with Crippen LogP contribution in [0.25, 0.3) is 0 Å². The molecule has 2 heterocycles. The summed E-state index contributed by atoms with van der Waals surface area (Å²) in [5, 5.41) is 0. The van der Waals surface area contributed by atoms with E-state index < -0.39 is 6.04 Å². The number of carbonyl (C=O) groups excluding carboxylic acids is 2. The van der Waals surface area contributed by atoms with Crippen molar-refractivity contribution in [1.82, 2.24) is 4.90 Å². The van der Waals surface area contributed by atoms with Gasteiger partial charge in [-0.05, 0) is 37.8 Å². The smallest absolute Gasteiger partial charge is 0.239 e. The van der Waals surface area contributed by atoms with E-state index in [2.05, 4.69) is 6.07 Å². The zero-order chi connectivity index (χ0) is 15.7. The Morgan fingerprint density at radius 3 is 2.55 bits per heavy atom. The highest BCUT2D eigenvalue weighted by Gasteiger charge is 2.33. The summed E-state index contributed by atoms with van der Waals surface area (Å²) in [5.74, 6) is 0.207. The number of amides is 2. The monoisotopic (exact) mass is 301 g/mol. The van der Waals surface area contributed by atoms with E-state index in [-0.39, 0.29) is 17.7 Å². The summed E-state index contributed by atoms with van der Waals surface area (Å²) in [6.45, 7) is 3.75. The predicted octanol–water partition coefficient (Wildman–Crippen LogP) is 1.16. The van der Waals surface area contributed by atoms with Crippen LogP contribution in [0.15, 0.2) is 24.3 Å². The predicted molar refractivity (Wildman–Crippen MR) is 85.5 cm³/mol. The molecule has 0 unspecified atom stereocenters. The van der Waals surface area contributed by atoms with Crippen LogP contribution in [-0.2, 0) is 16.0 Å². The minimum absolute atomic E-state index is 0.0163. The fourth-order valence-electron chi connectivity index (χ4n) is 3.42. The number of hydrogen-bond acceptors (Lipinski definition) is 3. The first-order valence-corrected chi connectivity index (χ1v) is 8.01. The van der Waals surface area contributed by atoms with E-state index in [0.29, 0.717) is 13.1 Å². The molecule has 1 atom stereocenters. The largest absolute Gasteiger partial charge is 0.341 e. The van der Waals surface area contributed by atoms with Gasteiger partial charge in [-0.25, -0.2) is 0 Å². The Labute approximate surface area is 131 Å². The van der Waals surface area contributed by atoms with Crippen molar-refractivity contribution in [3.05, 3.63) is 29.8 Å². The van der Waals surface area contributed by atoms with Gasteiger partial charge in [0.2, 0.25) is 11.8 Å². The number of likely N-dealkylation sites (tertiary alicyclic amines) is 1. The van der Waals surface area contributed by atoms with Gasteiger partial charge in [-0.3, -0.25) is 9.59 Å². The van der Waals surface area contributed by atoms with E-state index in [9.17, 15) is 9.59 Å². The second-order valence-electron chi connectivity index (χ2n) is 6.26. The Kier molecular flexibility index (Phi) is 4.16. The number of benzene rings is 1. The topological polar surface area (TPSA) is 66.6 Å². The van der Waals surface area contributed by atoms with Gasteiger partial charge in [-0.1, -0.05) is 18.2 Å². The first kappa shape index (κ1) is 15.0. The van der Waals surface area contributed by atoms with Gasteiger partial charge >= 0.3 is 0 Å². The van der Waals surface area contributed by atoms with Crippen molar-refractivity contribution in [2.75, 3.05) is 24.5 Å². The van der Waals surface area contributed by atoms with Crippen molar-refractivity contribution in [3.63, 3.8) is 0 Å². The summed E-state index contributed by atoms with van der Waals surface area (Å²) >= 11 is 0. The standard InChI is InChI=1S/C17H23N3O2/c1-12(18)16(21)19-9-6-14(7-10-19)17(22)20-11-8-13-4-2-3-5-15(13)20/h2-5,12,14H,6-11,18H2,1H3/t12-/m1/s1. The van der Waals surface area contributed by atoms with E-state index in [1.54, 1.807) is 11.8 Å². The van der Waals surface area contributed by atoms with E-state index >= 15 is 0 Å². The number of para-hydroxylation sites is 1. The highest BCUT2D eigenvalue weighted by atomic mass is 16.2. The molecule has 2 amide bonds. The fraction of sp³-hybridized carbons (Fsp3) is 0.529. The van der Waals surface area contributed by atoms with Crippen LogP contribution >= 0.6 is 0 Å². The summed E-state index contributed by atoms with van der Waals surface area (Å²) in [7, 11) is 0. The van der Waals surface area contributed by atoms with Crippen molar-refractivity contribution < 1.29 is 9.59 Å². The number of nitrogens with two attached hydrogens (primary N) is 1. The summed E-state index contributed by atoms with van der Waals surface area (Å²) in [4.78, 5) is 28.4. The van der Waals surface area contributed by atoms with Crippen molar-refractivity contribution in [1.29, 1.82) is 0 Å². The van der Waals surface area contributed by atoms with Crippen molar-refractivity contribution in [2.45, 2.75) is 32.2 Å². The number of nitrogens with zero attached hydrogens (tertiary/aromatic N) is 2. The van der Waals surface area contributed by atoms with Crippen molar-refractivity contribution in [3.8, 4) is 0 Å². The summed E-state index contributed by atoms with van der Waals surface area (Å²) in [5.41, 5.74) is 7.95. The minimum atomic E-state index is -0.460. The lowest BCUT2D eigenvalue weighted by atomic mass is 9.95. The molecular weight excluding hydrogens is 278 g/mol. The molecule has 22 heavy (non-hydrogen) atoms. The Bertz CT molecular complexity index is 577. The normalized spacial score (nSPS) is 19.9. The van der Waals surface area contributed by atoms with Crippen LogP contribution in [0.5, 0.6) is 0 Å². The van der Waals surface area contributed by atoms with Crippen LogP contribution in [0.4, 0.5) is 5.69 Å². The average Bonchev–Trinajstić information content (AvgIpc) is 2.97. The SMILES string of the molecule is C[C@@H](N)C(=O)N1CCC(C(=O)N2CCc3ccccc32)CC1. The lowest BCUT2D eigenvalue weighted by Gasteiger charge is -2.34. The van der Waals surface area contributed by atoms with Crippen molar-refractivity contribution in [2.24, 2.45) is 11.7 Å². The van der Waals surface area contributed by atoms with Gasteiger partial charge < -0.3 is 15.5 Å². The first-order valence-electron chi connectivity index (χ1n) is 8.01. The molecule has 0 spiro atoms. The van der Waals surface area contributed by atoms with Gasteiger partial charge in [0.15, 0.2) is 0 Å². The summed E-state index contributed by atoms with van der Waals surface area (Å²) < 4.78 is 0. The van der Waals surface area contributed by atoms with Crippen LogP contribution in [-0.4, -0.2) is 42.4 Å². The molecule has 0 radical (unpaired) electrons. The highest BCUT2D eigenvalue weighted by Crippen LogP contribution is 2.31. The highest BCUT2D eigenvalue weighted by molar-refractivity contribution is 5.97. The van der Waals surface area contributed by atoms with Crippen LogP contribution in [0.1, 0.15) is 25.3 Å². The zero-order valence-corrected chi connectivity index (χ0v) is 13.0. The molecule has 0 aliphatic carbocycles. The van der Waals surface area contributed by atoms with Gasteiger partial charge in [0.1, 0.15) is 0 Å². The van der Waals surface area contributed by atoms with Gasteiger partial charge in [0.05, 0.1) is 6.04 Å². The molecule has 3 rings (SSSR count). The third-order valence-electron chi connectivity index (χ3n) is 4.70. The third-order valence-corrected chi connectivity index (χ3v) is 4.70. The lowest BCUT2D eigenvalue weighted by molar-refractivity contribution is -0.135. The van der Waals surface area contributed by atoms with Crippen LogP contribution < -0.4 is 10.6 Å². The van der Waals surface area contributed by atoms with E-state index in [1.165, 1.54) is 5.56 Å². The maximum atomic E-state index is 12.8. The second-order valence-corrected chi connectivity index (χ2v) is 6.26. The van der Waals surface area contributed by atoms with Crippen LogP contribution in [0, 0.1) is 5.92 Å². The number of piperidine rings is 1. The van der Waals surface area contributed by atoms with E-state index in [0.717, 1.165) is 31.5 Å². The Hall–Kier alpha value is -1.88. The third kappa shape index (κ3) is 2.73. The molecule has 0 saturated carbocycles. The van der Waals surface area contributed by atoms with Crippen molar-refractivity contribution >= 4 is 17.5 Å². The number of anilines is 1. The quantitative estimate of drug-likeness (QED) is 0.891. The molecule has 2 aliphatic rings. The molecule has 1 fully saturated rings. The molecule has 0 aromatic heterocycles. The Morgan fingerprint density at radius 2 is 1.86 bits per heavy atom. The van der Waals surface area contributed by atoms with E-state index in [4.69, 9.17) is 5.73 Å². The lowest BCUT2D eigenvalue weighted by Crippen LogP contribution is -2.48. The molecular formula is C17H23N3O2. The maximum absolute atomic E-state index is 12.8. The van der Waals surface area contributed by atoms with Gasteiger partial charge in [0.25, 0.3) is 0 Å². The number of fused-ring (bicyclic) bond motifs is 1. The zero-order valence-electron chi connectivity index (χ0n) is 13.0. The molecule has 2 aliphatic heterocycles. The molecule has 1 aromatic rings. The summed E-state index contributed by atoms with van der Waals surface area (Å²) in [6.07, 6.45) is 2.40. The van der Waals surface area contributed by atoms with E-state index in [1.807, 2.05) is 23.1 Å². The first-order chi connectivity index (χ1) is 10.6. The van der Waals surface area contributed by atoms with Gasteiger partial charge in [-0.2, -0.15) is 0 Å². The number of carbonyl (C=O) groups is 2. The molecule has 5 heteroatoms. The maximum Gasteiger partial charge on any atom is 0.239 e. The van der Waals surface area contributed by atoms with Gasteiger partial charge in [-0.15, -0.1) is 0 Å². The average molecular weight is 301 g/mol. The molecule has 1 aromatic carbocycles. The van der Waals surface area contributed by atoms with Crippen LogP contribution in [0.3, 0.4) is 0 Å². The molecule has 118 valence electrons. The Balaban J connectivity index is 1.63. The number of rotatable bonds is 2. The van der Waals surface area contributed by atoms with Crippen LogP contribution in [0.2, 0.25) is 0 Å². The molecule has 0 bridgehead atoms. The molecule has 2 N–H and O–H groups in total. The minimum Gasteiger partial charge on any atom is -0.341 e. The molecule has 5 nitrogen and oxygen atoms in total. The molecule has 1 saturated heterocycles. The fourth-order valence-corrected chi connectivity index (χ4v) is 3.42. The van der Waals surface area contributed by atoms with Gasteiger partial charge in [0, 0.05) is 31.2 Å². The number of hydrogen-bond donors (Lipinski definition) is 1. The summed E-state index contributed by atoms with van der Waals surface area (Å²) in [6, 6.07) is 7.65. The second kappa shape index (κ2) is 6.08. The Morgan fingerprint density at radius 1 is 1.18 bits per heavy atom.